The van der Waals surface area contributed by atoms with Crippen molar-refractivity contribution in [2.75, 3.05) is 6.54 Å². The van der Waals surface area contributed by atoms with E-state index in [-0.39, 0.29) is 35.4 Å². The van der Waals surface area contributed by atoms with Gasteiger partial charge in [-0.05, 0) is 57.5 Å². The first-order valence-corrected chi connectivity index (χ1v) is 8.83. The third kappa shape index (κ3) is 8.47. The first-order valence-electron chi connectivity index (χ1n) is 8.83. The van der Waals surface area contributed by atoms with E-state index in [2.05, 4.69) is 41.7 Å². The molecule has 0 bridgehead atoms. The van der Waals surface area contributed by atoms with E-state index in [4.69, 9.17) is 4.42 Å². The summed E-state index contributed by atoms with van der Waals surface area (Å²) in [7, 11) is 0. The Balaban J connectivity index is 0.00000364. The lowest BCUT2D eigenvalue weighted by atomic mass is 10.1. The van der Waals surface area contributed by atoms with E-state index in [1.165, 1.54) is 0 Å². The molecule has 0 aliphatic rings. The van der Waals surface area contributed by atoms with E-state index in [1.54, 1.807) is 18.4 Å². The van der Waals surface area contributed by atoms with Gasteiger partial charge in [0.25, 0.3) is 5.91 Å². The van der Waals surface area contributed by atoms with Crippen LogP contribution in [0.2, 0.25) is 0 Å². The fraction of sp³-hybridized carbons (Fsp3) is 0.400. The van der Waals surface area contributed by atoms with Crippen molar-refractivity contribution in [1.82, 2.24) is 16.0 Å². The fourth-order valence-corrected chi connectivity index (χ4v) is 2.33. The van der Waals surface area contributed by atoms with Crippen LogP contribution in [0.3, 0.4) is 0 Å². The van der Waals surface area contributed by atoms with Crippen LogP contribution in [0.5, 0.6) is 0 Å². The van der Waals surface area contributed by atoms with Crippen molar-refractivity contribution in [1.29, 1.82) is 0 Å². The van der Waals surface area contributed by atoms with Crippen LogP contribution in [0.25, 0.3) is 0 Å². The van der Waals surface area contributed by atoms with Gasteiger partial charge in [0.05, 0.1) is 19.4 Å². The zero-order valence-electron chi connectivity index (χ0n) is 16.3. The molecule has 0 aliphatic heterocycles. The molecule has 2 rings (SSSR count). The molecule has 0 spiro atoms. The van der Waals surface area contributed by atoms with Gasteiger partial charge in [0, 0.05) is 17.6 Å². The Bertz CT molecular complexity index is 737. The highest BCUT2D eigenvalue weighted by Crippen LogP contribution is 2.08. The lowest BCUT2D eigenvalue weighted by Gasteiger charge is -2.23. The molecule has 27 heavy (non-hydrogen) atoms. The van der Waals surface area contributed by atoms with E-state index < -0.39 is 0 Å². The average molecular weight is 484 g/mol. The zero-order chi connectivity index (χ0) is 19.0. The van der Waals surface area contributed by atoms with Crippen LogP contribution in [0, 0.1) is 0 Å². The van der Waals surface area contributed by atoms with Crippen molar-refractivity contribution >= 4 is 35.8 Å². The molecule has 0 saturated heterocycles. The van der Waals surface area contributed by atoms with Crippen LogP contribution in [-0.2, 0) is 13.1 Å². The standard InChI is InChI=1S/C20H28N4O2.HI/c1-5-21-19(24-20(2,3)4)23-13-15-8-6-9-16(12-15)18(25)22-14-17-10-7-11-26-17;/h6-12H,5,13-14H2,1-4H3,(H,22,25)(H2,21,23,24);1H. The molecule has 0 saturated carbocycles. The molecule has 2 aromatic rings. The number of rotatable bonds is 6. The summed E-state index contributed by atoms with van der Waals surface area (Å²) < 4.78 is 5.22. The van der Waals surface area contributed by atoms with E-state index in [0.717, 1.165) is 23.8 Å². The summed E-state index contributed by atoms with van der Waals surface area (Å²) in [6, 6.07) is 11.1. The van der Waals surface area contributed by atoms with Crippen LogP contribution in [0.4, 0.5) is 0 Å². The number of aliphatic imine (C=N–C) groups is 1. The smallest absolute Gasteiger partial charge is 0.251 e. The molecule has 1 aromatic carbocycles. The molecule has 0 aliphatic carbocycles. The van der Waals surface area contributed by atoms with Gasteiger partial charge in [0.2, 0.25) is 0 Å². The summed E-state index contributed by atoms with van der Waals surface area (Å²) in [5.74, 6) is 1.35. The first-order chi connectivity index (χ1) is 12.4. The summed E-state index contributed by atoms with van der Waals surface area (Å²) in [6.45, 7) is 9.94. The van der Waals surface area contributed by atoms with Crippen molar-refractivity contribution in [3.8, 4) is 0 Å². The Kier molecular flexibility index (Phi) is 9.34. The monoisotopic (exact) mass is 484 g/mol. The molecular weight excluding hydrogens is 455 g/mol. The van der Waals surface area contributed by atoms with E-state index >= 15 is 0 Å². The highest BCUT2D eigenvalue weighted by Gasteiger charge is 2.12. The quantitative estimate of drug-likeness (QED) is 0.332. The molecule has 1 amide bonds. The Labute approximate surface area is 178 Å². The Morgan fingerprint density at radius 2 is 1.93 bits per heavy atom. The number of benzene rings is 1. The maximum Gasteiger partial charge on any atom is 0.251 e. The third-order valence-corrected chi connectivity index (χ3v) is 3.45. The van der Waals surface area contributed by atoms with E-state index in [1.807, 2.05) is 31.2 Å². The maximum absolute atomic E-state index is 12.3. The number of nitrogens with zero attached hydrogens (tertiary/aromatic N) is 1. The molecular formula is C20H29IN4O2. The Morgan fingerprint density at radius 1 is 1.15 bits per heavy atom. The number of hydrogen-bond donors (Lipinski definition) is 3. The zero-order valence-corrected chi connectivity index (χ0v) is 18.7. The normalized spacial score (nSPS) is 11.5. The average Bonchev–Trinajstić information content (AvgIpc) is 3.10. The molecule has 148 valence electrons. The van der Waals surface area contributed by atoms with Gasteiger partial charge in [-0.3, -0.25) is 4.79 Å². The predicted molar refractivity (Wildman–Crippen MR) is 119 cm³/mol. The molecule has 6 nitrogen and oxygen atoms in total. The van der Waals surface area contributed by atoms with Gasteiger partial charge in [-0.1, -0.05) is 12.1 Å². The van der Waals surface area contributed by atoms with Crippen molar-refractivity contribution < 1.29 is 9.21 Å². The van der Waals surface area contributed by atoms with E-state index in [9.17, 15) is 4.79 Å². The largest absolute Gasteiger partial charge is 0.467 e. The molecule has 0 unspecified atom stereocenters. The lowest BCUT2D eigenvalue weighted by molar-refractivity contribution is 0.0948. The number of amides is 1. The molecule has 1 aromatic heterocycles. The van der Waals surface area contributed by atoms with Crippen LogP contribution in [0.1, 0.15) is 49.4 Å². The lowest BCUT2D eigenvalue weighted by Crippen LogP contribution is -2.47. The minimum Gasteiger partial charge on any atom is -0.467 e. The van der Waals surface area contributed by atoms with Crippen molar-refractivity contribution in [3.63, 3.8) is 0 Å². The molecule has 1 heterocycles. The number of furan rings is 1. The summed E-state index contributed by atoms with van der Waals surface area (Å²) in [5.41, 5.74) is 1.51. The van der Waals surface area contributed by atoms with Crippen LogP contribution < -0.4 is 16.0 Å². The van der Waals surface area contributed by atoms with E-state index in [0.29, 0.717) is 18.7 Å². The molecule has 0 radical (unpaired) electrons. The highest BCUT2D eigenvalue weighted by atomic mass is 127. The van der Waals surface area contributed by atoms with Gasteiger partial charge in [-0.2, -0.15) is 0 Å². The number of hydrogen-bond acceptors (Lipinski definition) is 3. The van der Waals surface area contributed by atoms with Crippen molar-refractivity contribution in [3.05, 3.63) is 59.5 Å². The molecule has 3 N–H and O–H groups in total. The predicted octanol–water partition coefficient (Wildman–Crippen LogP) is 3.68. The molecule has 0 fully saturated rings. The molecule has 0 atom stereocenters. The minimum absolute atomic E-state index is 0. The van der Waals surface area contributed by atoms with Gasteiger partial charge in [-0.15, -0.1) is 24.0 Å². The summed E-state index contributed by atoms with van der Waals surface area (Å²) >= 11 is 0. The second-order valence-corrected chi connectivity index (χ2v) is 7.03. The van der Waals surface area contributed by atoms with Crippen LogP contribution in [-0.4, -0.2) is 24.0 Å². The number of guanidine groups is 1. The third-order valence-electron chi connectivity index (χ3n) is 3.45. The second kappa shape index (κ2) is 11.0. The minimum atomic E-state index is -0.132. The number of nitrogens with one attached hydrogen (secondary N) is 3. The second-order valence-electron chi connectivity index (χ2n) is 7.03. The number of halogens is 1. The van der Waals surface area contributed by atoms with Crippen molar-refractivity contribution in [2.45, 2.75) is 46.3 Å². The van der Waals surface area contributed by atoms with Gasteiger partial charge in [0.1, 0.15) is 5.76 Å². The Morgan fingerprint density at radius 3 is 2.56 bits per heavy atom. The van der Waals surface area contributed by atoms with Gasteiger partial charge >= 0.3 is 0 Å². The summed E-state index contributed by atoms with van der Waals surface area (Å²) in [5, 5.41) is 9.43. The fourth-order valence-electron chi connectivity index (χ4n) is 2.33. The molecule has 7 heteroatoms. The number of carbonyl (C=O) groups is 1. The number of carbonyl (C=O) groups excluding carboxylic acids is 1. The van der Waals surface area contributed by atoms with Crippen LogP contribution in [0.15, 0.2) is 52.1 Å². The SMILES string of the molecule is CCNC(=NCc1cccc(C(=O)NCc2ccco2)c1)NC(C)(C)C.I. The summed E-state index contributed by atoms with van der Waals surface area (Å²) in [6.07, 6.45) is 1.59. The highest BCUT2D eigenvalue weighted by molar-refractivity contribution is 14.0. The van der Waals surface area contributed by atoms with Crippen molar-refractivity contribution in [2.24, 2.45) is 4.99 Å². The topological polar surface area (TPSA) is 78.7 Å². The Hall–Kier alpha value is -2.03. The van der Waals surface area contributed by atoms with Gasteiger partial charge in [-0.25, -0.2) is 4.99 Å². The van der Waals surface area contributed by atoms with Gasteiger partial charge in [0.15, 0.2) is 5.96 Å². The van der Waals surface area contributed by atoms with Gasteiger partial charge < -0.3 is 20.4 Å². The summed E-state index contributed by atoms with van der Waals surface area (Å²) in [4.78, 5) is 16.9. The van der Waals surface area contributed by atoms with Crippen LogP contribution >= 0.6 is 24.0 Å². The first kappa shape index (κ1) is 23.0. The maximum atomic E-state index is 12.3.